The minimum absolute atomic E-state index is 0.491. The van der Waals surface area contributed by atoms with Crippen molar-refractivity contribution in [1.29, 1.82) is 0 Å². The molecule has 0 spiro atoms. The van der Waals surface area contributed by atoms with Crippen molar-refractivity contribution < 1.29 is 4.74 Å². The number of pyridine rings is 1. The zero-order valence-corrected chi connectivity index (χ0v) is 11.5. The highest BCUT2D eigenvalue weighted by molar-refractivity contribution is 5.35. The summed E-state index contributed by atoms with van der Waals surface area (Å²) in [7, 11) is 0. The Bertz CT molecular complexity index is 538. The van der Waals surface area contributed by atoms with Crippen LogP contribution in [0.2, 0.25) is 0 Å². The molecule has 0 aliphatic heterocycles. The average molecular weight is 256 g/mol. The number of nitrogens with two attached hydrogens (primary N) is 1. The van der Waals surface area contributed by atoms with E-state index in [4.69, 9.17) is 10.5 Å². The normalized spacial score (nSPS) is 10.7. The van der Waals surface area contributed by atoms with Crippen molar-refractivity contribution in [2.24, 2.45) is 5.73 Å². The first-order valence-electron chi connectivity index (χ1n) is 6.61. The van der Waals surface area contributed by atoms with Gasteiger partial charge in [-0.25, -0.2) is 0 Å². The van der Waals surface area contributed by atoms with Gasteiger partial charge < -0.3 is 10.5 Å². The molecule has 0 aliphatic rings. The number of nitrogens with zero attached hydrogens (tertiary/aromatic N) is 1. The Hall–Kier alpha value is -1.87. The second kappa shape index (κ2) is 6.34. The summed E-state index contributed by atoms with van der Waals surface area (Å²) in [5, 5.41) is 0. The second-order valence-corrected chi connectivity index (χ2v) is 4.90. The van der Waals surface area contributed by atoms with Crippen molar-refractivity contribution in [2.75, 3.05) is 6.54 Å². The molecule has 0 fully saturated rings. The van der Waals surface area contributed by atoms with Crippen molar-refractivity contribution in [3.05, 3.63) is 53.9 Å². The lowest BCUT2D eigenvalue weighted by molar-refractivity contribution is 0.478. The van der Waals surface area contributed by atoms with Crippen LogP contribution in [-0.4, -0.2) is 11.5 Å². The molecule has 3 nitrogen and oxygen atoms in total. The van der Waals surface area contributed by atoms with Crippen LogP contribution in [0.4, 0.5) is 0 Å². The number of aromatic nitrogens is 1. The van der Waals surface area contributed by atoms with Crippen molar-refractivity contribution >= 4 is 0 Å². The Morgan fingerprint density at radius 2 is 2.00 bits per heavy atom. The molecule has 0 radical (unpaired) electrons. The Morgan fingerprint density at radius 1 is 1.16 bits per heavy atom. The standard InChI is InChI=1S/C16H20N2O/c1-12(2)14-4-3-5-15(9-14)19-16-8-13(6-7-17)10-18-11-16/h3-5,8-12H,6-7,17H2,1-2H3. The zero-order valence-electron chi connectivity index (χ0n) is 11.5. The lowest BCUT2D eigenvalue weighted by Gasteiger charge is -2.10. The van der Waals surface area contributed by atoms with E-state index in [0.29, 0.717) is 12.5 Å². The van der Waals surface area contributed by atoms with Gasteiger partial charge in [0, 0.05) is 6.20 Å². The fourth-order valence-electron chi connectivity index (χ4n) is 1.90. The van der Waals surface area contributed by atoms with Gasteiger partial charge in [0.15, 0.2) is 0 Å². The fraction of sp³-hybridized carbons (Fsp3) is 0.312. The van der Waals surface area contributed by atoms with Gasteiger partial charge >= 0.3 is 0 Å². The quantitative estimate of drug-likeness (QED) is 0.890. The summed E-state index contributed by atoms with van der Waals surface area (Å²) in [6, 6.07) is 10.1. The number of benzene rings is 1. The van der Waals surface area contributed by atoms with Gasteiger partial charge in [-0.1, -0.05) is 26.0 Å². The largest absolute Gasteiger partial charge is 0.456 e. The van der Waals surface area contributed by atoms with Crippen molar-refractivity contribution in [3.8, 4) is 11.5 Å². The van der Waals surface area contributed by atoms with Crippen LogP contribution >= 0.6 is 0 Å². The van der Waals surface area contributed by atoms with Gasteiger partial charge in [0.25, 0.3) is 0 Å². The Morgan fingerprint density at radius 3 is 2.74 bits per heavy atom. The zero-order chi connectivity index (χ0) is 13.7. The summed E-state index contributed by atoms with van der Waals surface area (Å²) >= 11 is 0. The molecule has 1 heterocycles. The first-order valence-corrected chi connectivity index (χ1v) is 6.61. The molecular formula is C16H20N2O. The molecule has 100 valence electrons. The van der Waals surface area contributed by atoms with Gasteiger partial charge in [-0.3, -0.25) is 4.98 Å². The predicted molar refractivity (Wildman–Crippen MR) is 77.6 cm³/mol. The Balaban J connectivity index is 2.16. The van der Waals surface area contributed by atoms with Gasteiger partial charge in [-0.2, -0.15) is 0 Å². The Labute approximate surface area is 114 Å². The van der Waals surface area contributed by atoms with E-state index in [1.165, 1.54) is 5.56 Å². The summed E-state index contributed by atoms with van der Waals surface area (Å²) in [6.07, 6.45) is 4.36. The minimum Gasteiger partial charge on any atom is -0.456 e. The summed E-state index contributed by atoms with van der Waals surface area (Å²) < 4.78 is 5.85. The molecule has 1 aromatic heterocycles. The van der Waals surface area contributed by atoms with Crippen LogP contribution < -0.4 is 10.5 Å². The topological polar surface area (TPSA) is 48.1 Å². The number of hydrogen-bond acceptors (Lipinski definition) is 3. The predicted octanol–water partition coefficient (Wildman–Crippen LogP) is 3.50. The summed E-state index contributed by atoms with van der Waals surface area (Å²) in [6.45, 7) is 4.96. The Kier molecular flexibility index (Phi) is 4.53. The number of ether oxygens (including phenoxy) is 1. The van der Waals surface area contributed by atoms with Gasteiger partial charge in [0.2, 0.25) is 0 Å². The number of rotatable bonds is 5. The SMILES string of the molecule is CC(C)c1cccc(Oc2cncc(CCN)c2)c1. The van der Waals surface area contributed by atoms with E-state index in [9.17, 15) is 0 Å². The van der Waals surface area contributed by atoms with E-state index >= 15 is 0 Å². The lowest BCUT2D eigenvalue weighted by Crippen LogP contribution is -2.03. The first kappa shape index (κ1) is 13.6. The third-order valence-corrected chi connectivity index (χ3v) is 2.96. The van der Waals surface area contributed by atoms with Crippen LogP contribution in [0, 0.1) is 0 Å². The molecule has 2 rings (SSSR count). The van der Waals surface area contributed by atoms with E-state index in [-0.39, 0.29) is 0 Å². The highest BCUT2D eigenvalue weighted by atomic mass is 16.5. The smallest absolute Gasteiger partial charge is 0.145 e. The van der Waals surface area contributed by atoms with Crippen LogP contribution in [0.3, 0.4) is 0 Å². The molecule has 1 aromatic carbocycles. The van der Waals surface area contributed by atoms with Gasteiger partial charge in [0.1, 0.15) is 11.5 Å². The van der Waals surface area contributed by atoms with Crippen molar-refractivity contribution in [3.63, 3.8) is 0 Å². The minimum atomic E-state index is 0.491. The van der Waals surface area contributed by atoms with Crippen LogP contribution in [0.1, 0.15) is 30.9 Å². The molecular weight excluding hydrogens is 236 g/mol. The molecule has 0 saturated heterocycles. The fourth-order valence-corrected chi connectivity index (χ4v) is 1.90. The molecule has 0 saturated carbocycles. The first-order chi connectivity index (χ1) is 9.19. The molecule has 0 atom stereocenters. The maximum Gasteiger partial charge on any atom is 0.145 e. The van der Waals surface area contributed by atoms with Crippen LogP contribution in [0.15, 0.2) is 42.7 Å². The summed E-state index contributed by atoms with van der Waals surface area (Å²) in [5.41, 5.74) is 7.91. The van der Waals surface area contributed by atoms with E-state index in [1.807, 2.05) is 24.4 Å². The lowest BCUT2D eigenvalue weighted by atomic mass is 10.0. The molecule has 2 aromatic rings. The van der Waals surface area contributed by atoms with Gasteiger partial charge in [-0.15, -0.1) is 0 Å². The van der Waals surface area contributed by atoms with Crippen molar-refractivity contribution in [2.45, 2.75) is 26.2 Å². The van der Waals surface area contributed by atoms with Gasteiger partial charge in [-0.05, 0) is 48.2 Å². The molecule has 3 heteroatoms. The highest BCUT2D eigenvalue weighted by Crippen LogP contribution is 2.25. The van der Waals surface area contributed by atoms with Crippen LogP contribution in [0.5, 0.6) is 11.5 Å². The molecule has 0 amide bonds. The van der Waals surface area contributed by atoms with Gasteiger partial charge in [0.05, 0.1) is 6.20 Å². The highest BCUT2D eigenvalue weighted by Gasteiger charge is 2.03. The third-order valence-electron chi connectivity index (χ3n) is 2.96. The maximum atomic E-state index is 5.85. The molecule has 19 heavy (non-hydrogen) atoms. The molecule has 0 bridgehead atoms. The maximum absolute atomic E-state index is 5.85. The second-order valence-electron chi connectivity index (χ2n) is 4.90. The molecule has 0 unspecified atom stereocenters. The van der Waals surface area contributed by atoms with Crippen molar-refractivity contribution in [1.82, 2.24) is 4.98 Å². The molecule has 0 aliphatic carbocycles. The third kappa shape index (κ3) is 3.80. The monoisotopic (exact) mass is 256 g/mol. The molecule has 2 N–H and O–H groups in total. The van der Waals surface area contributed by atoms with E-state index < -0.39 is 0 Å². The average Bonchev–Trinajstić information content (AvgIpc) is 2.40. The van der Waals surface area contributed by atoms with Crippen LogP contribution in [0.25, 0.3) is 0 Å². The number of hydrogen-bond donors (Lipinski definition) is 1. The van der Waals surface area contributed by atoms with E-state index in [1.54, 1.807) is 6.20 Å². The summed E-state index contributed by atoms with van der Waals surface area (Å²) in [4.78, 5) is 4.18. The van der Waals surface area contributed by atoms with E-state index in [0.717, 1.165) is 23.5 Å². The van der Waals surface area contributed by atoms with Crippen LogP contribution in [-0.2, 0) is 6.42 Å². The summed E-state index contributed by atoms with van der Waals surface area (Å²) in [5.74, 6) is 2.09. The van der Waals surface area contributed by atoms with E-state index in [2.05, 4.69) is 31.0 Å².